The van der Waals surface area contributed by atoms with Gasteiger partial charge in [0.15, 0.2) is 11.5 Å². The minimum Gasteiger partial charge on any atom is -0.493 e. The van der Waals surface area contributed by atoms with Crippen molar-refractivity contribution in [3.05, 3.63) is 48.0 Å². The predicted molar refractivity (Wildman–Crippen MR) is 126 cm³/mol. The van der Waals surface area contributed by atoms with Crippen LogP contribution < -0.4 is 24.8 Å². The fourth-order valence-corrected chi connectivity index (χ4v) is 2.81. The van der Waals surface area contributed by atoms with Crippen LogP contribution in [0.5, 0.6) is 17.2 Å². The minimum atomic E-state index is -0.890. The van der Waals surface area contributed by atoms with Gasteiger partial charge < -0.3 is 34.1 Å². The molecular formula is C24H32N2O8. The van der Waals surface area contributed by atoms with Crippen LogP contribution in [0.3, 0.4) is 0 Å². The first kappa shape index (κ1) is 26.7. The van der Waals surface area contributed by atoms with Gasteiger partial charge >= 0.3 is 12.1 Å². The summed E-state index contributed by atoms with van der Waals surface area (Å²) in [5.74, 6) is 1.05. The summed E-state index contributed by atoms with van der Waals surface area (Å²) >= 11 is 0. The normalized spacial score (nSPS) is 11.3. The number of aliphatic hydroxyl groups excluding tert-OH is 1. The first-order valence-electron chi connectivity index (χ1n) is 10.9. The van der Waals surface area contributed by atoms with Crippen LogP contribution in [-0.2, 0) is 9.47 Å². The molecule has 0 saturated carbocycles. The van der Waals surface area contributed by atoms with E-state index >= 15 is 0 Å². The summed E-state index contributed by atoms with van der Waals surface area (Å²) in [6.07, 6.45) is -0.717. The highest BCUT2D eigenvalue weighted by Gasteiger charge is 2.13. The smallest absolute Gasteiger partial charge is 0.411 e. The Hall–Kier alpha value is -3.50. The third-order valence-corrected chi connectivity index (χ3v) is 4.50. The number of anilines is 1. The zero-order valence-electron chi connectivity index (χ0n) is 19.7. The molecule has 2 aromatic rings. The summed E-state index contributed by atoms with van der Waals surface area (Å²) in [7, 11) is 3.10. The maximum atomic E-state index is 12.2. The molecule has 186 valence electrons. The topological polar surface area (TPSA) is 125 Å². The summed E-state index contributed by atoms with van der Waals surface area (Å²) in [5.41, 5.74) is 0.793. The second-order valence-electron chi connectivity index (χ2n) is 7.13. The summed E-state index contributed by atoms with van der Waals surface area (Å²) in [5, 5.41) is 15.7. The number of ether oxygens (including phenoxy) is 5. The highest BCUT2D eigenvalue weighted by molar-refractivity contribution is 5.91. The Morgan fingerprint density at radius 2 is 1.65 bits per heavy atom. The lowest BCUT2D eigenvalue weighted by atomic mass is 10.2. The second-order valence-corrected chi connectivity index (χ2v) is 7.13. The van der Waals surface area contributed by atoms with Gasteiger partial charge in [0, 0.05) is 18.8 Å². The second kappa shape index (κ2) is 14.6. The van der Waals surface area contributed by atoms with Crippen molar-refractivity contribution in [1.82, 2.24) is 5.32 Å². The van der Waals surface area contributed by atoms with Crippen molar-refractivity contribution in [2.75, 3.05) is 52.4 Å². The molecule has 0 bridgehead atoms. The van der Waals surface area contributed by atoms with E-state index in [1.54, 1.807) is 44.6 Å². The fourth-order valence-electron chi connectivity index (χ4n) is 2.81. The van der Waals surface area contributed by atoms with E-state index in [1.165, 1.54) is 12.1 Å². The first-order valence-corrected chi connectivity index (χ1v) is 10.9. The molecule has 0 aliphatic rings. The molecule has 0 fully saturated rings. The number of esters is 1. The summed E-state index contributed by atoms with van der Waals surface area (Å²) in [6.45, 7) is 3.03. The number of carbonyl (C=O) groups excluding carboxylic acids is 2. The maximum Gasteiger partial charge on any atom is 0.411 e. The van der Waals surface area contributed by atoms with Crippen LogP contribution >= 0.6 is 0 Å². The Kier molecular flexibility index (Phi) is 11.5. The fraction of sp³-hybridized carbons (Fsp3) is 0.417. The lowest BCUT2D eigenvalue weighted by Crippen LogP contribution is -2.33. The van der Waals surface area contributed by atoms with E-state index < -0.39 is 18.2 Å². The molecule has 0 heterocycles. The molecule has 0 spiro atoms. The van der Waals surface area contributed by atoms with Crippen molar-refractivity contribution >= 4 is 17.7 Å². The molecule has 34 heavy (non-hydrogen) atoms. The van der Waals surface area contributed by atoms with Gasteiger partial charge in [-0.3, -0.25) is 5.32 Å². The molecule has 1 amide bonds. The van der Waals surface area contributed by atoms with Crippen molar-refractivity contribution < 1.29 is 38.4 Å². The zero-order chi connectivity index (χ0) is 24.8. The number of para-hydroxylation sites is 1. The van der Waals surface area contributed by atoms with Crippen molar-refractivity contribution in [3.63, 3.8) is 0 Å². The quantitative estimate of drug-likeness (QED) is 0.279. The van der Waals surface area contributed by atoms with Crippen molar-refractivity contribution in [3.8, 4) is 17.2 Å². The molecule has 3 N–H and O–H groups in total. The third kappa shape index (κ3) is 8.80. The Balaban J connectivity index is 1.67. The third-order valence-electron chi connectivity index (χ3n) is 4.50. The number of hydrogen-bond donors (Lipinski definition) is 3. The van der Waals surface area contributed by atoms with Gasteiger partial charge in [0.1, 0.15) is 19.3 Å². The monoisotopic (exact) mass is 476 g/mol. The van der Waals surface area contributed by atoms with E-state index in [9.17, 15) is 14.7 Å². The van der Waals surface area contributed by atoms with E-state index in [4.69, 9.17) is 23.7 Å². The molecule has 2 aromatic carbocycles. The molecule has 0 aromatic heterocycles. The van der Waals surface area contributed by atoms with E-state index in [0.29, 0.717) is 48.3 Å². The van der Waals surface area contributed by atoms with E-state index in [2.05, 4.69) is 10.6 Å². The van der Waals surface area contributed by atoms with E-state index in [-0.39, 0.29) is 13.2 Å². The molecule has 0 aliphatic carbocycles. The minimum absolute atomic E-state index is 0.170. The lowest BCUT2D eigenvalue weighted by Gasteiger charge is -2.15. The number of amides is 1. The largest absolute Gasteiger partial charge is 0.493 e. The summed E-state index contributed by atoms with van der Waals surface area (Å²) < 4.78 is 26.4. The number of hydrogen-bond acceptors (Lipinski definition) is 9. The van der Waals surface area contributed by atoms with Gasteiger partial charge in [-0.25, -0.2) is 9.59 Å². The Labute approximate surface area is 199 Å². The van der Waals surface area contributed by atoms with Crippen molar-refractivity contribution in [2.45, 2.75) is 19.4 Å². The van der Waals surface area contributed by atoms with Gasteiger partial charge in [-0.05, 0) is 42.8 Å². The molecule has 10 heteroatoms. The number of rotatable bonds is 14. The number of benzene rings is 2. The average molecular weight is 477 g/mol. The molecule has 0 aliphatic heterocycles. The number of nitrogens with one attached hydrogen (secondary N) is 2. The van der Waals surface area contributed by atoms with Gasteiger partial charge in [0.25, 0.3) is 0 Å². The SMILES string of the molecule is CCCOC(=O)Nc1ccc(C(=O)OCC(O)CNCCOc2c(OC)cccc2OC)cc1. The highest BCUT2D eigenvalue weighted by Crippen LogP contribution is 2.36. The van der Waals surface area contributed by atoms with Crippen LogP contribution in [0.2, 0.25) is 0 Å². The summed E-state index contributed by atoms with van der Waals surface area (Å²) in [6, 6.07) is 11.5. The van der Waals surface area contributed by atoms with Gasteiger partial charge in [0.2, 0.25) is 5.75 Å². The Morgan fingerprint density at radius 3 is 2.26 bits per heavy atom. The van der Waals surface area contributed by atoms with E-state index in [1.807, 2.05) is 6.92 Å². The molecule has 0 saturated heterocycles. The lowest BCUT2D eigenvalue weighted by molar-refractivity contribution is 0.0258. The van der Waals surface area contributed by atoms with Crippen LogP contribution in [0.25, 0.3) is 0 Å². The van der Waals surface area contributed by atoms with Crippen LogP contribution in [0.1, 0.15) is 23.7 Å². The van der Waals surface area contributed by atoms with Crippen LogP contribution in [0.15, 0.2) is 42.5 Å². The van der Waals surface area contributed by atoms with Crippen molar-refractivity contribution in [1.29, 1.82) is 0 Å². The molecular weight excluding hydrogens is 444 g/mol. The first-order chi connectivity index (χ1) is 16.5. The number of methoxy groups -OCH3 is 2. The standard InChI is InChI=1S/C24H32N2O8/c1-4-13-33-24(29)26-18-10-8-17(9-11-18)23(28)34-16-19(27)15-25-12-14-32-22-20(30-2)6-5-7-21(22)31-3/h5-11,19,25,27H,4,12-16H2,1-3H3,(H,26,29). The molecule has 1 atom stereocenters. The van der Waals surface area contributed by atoms with Gasteiger partial charge in [-0.2, -0.15) is 0 Å². The number of carbonyl (C=O) groups is 2. The van der Waals surface area contributed by atoms with Crippen LogP contribution in [0.4, 0.5) is 10.5 Å². The molecule has 2 rings (SSSR count). The average Bonchev–Trinajstić information content (AvgIpc) is 2.86. The summed E-state index contributed by atoms with van der Waals surface area (Å²) in [4.78, 5) is 23.7. The molecule has 0 radical (unpaired) electrons. The Morgan fingerprint density at radius 1 is 0.971 bits per heavy atom. The van der Waals surface area contributed by atoms with Crippen LogP contribution in [0, 0.1) is 0 Å². The van der Waals surface area contributed by atoms with Gasteiger partial charge in [0.05, 0.1) is 26.4 Å². The predicted octanol–water partition coefficient (Wildman–Crippen LogP) is 2.85. The highest BCUT2D eigenvalue weighted by atomic mass is 16.6. The zero-order valence-corrected chi connectivity index (χ0v) is 19.7. The maximum absolute atomic E-state index is 12.2. The Bertz CT molecular complexity index is 882. The molecule has 1 unspecified atom stereocenters. The molecule has 10 nitrogen and oxygen atoms in total. The van der Waals surface area contributed by atoms with Crippen molar-refractivity contribution in [2.24, 2.45) is 0 Å². The van der Waals surface area contributed by atoms with Crippen LogP contribution in [-0.4, -0.2) is 70.4 Å². The van der Waals surface area contributed by atoms with Gasteiger partial charge in [-0.15, -0.1) is 0 Å². The van der Waals surface area contributed by atoms with Gasteiger partial charge in [-0.1, -0.05) is 13.0 Å². The number of aliphatic hydroxyl groups is 1. The van der Waals surface area contributed by atoms with E-state index in [0.717, 1.165) is 6.42 Å².